The van der Waals surface area contributed by atoms with Crippen LogP contribution in [0.15, 0.2) is 36.0 Å². The van der Waals surface area contributed by atoms with E-state index < -0.39 is 0 Å². The minimum atomic E-state index is -0.00783. The van der Waals surface area contributed by atoms with Crippen LogP contribution in [0.5, 0.6) is 5.75 Å². The first kappa shape index (κ1) is 12.6. The largest absolute Gasteiger partial charge is 0.465 e. The van der Waals surface area contributed by atoms with Crippen molar-refractivity contribution >= 4 is 5.69 Å². The van der Waals surface area contributed by atoms with Gasteiger partial charge in [-0.3, -0.25) is 0 Å². The molecule has 0 atom stereocenters. The van der Waals surface area contributed by atoms with Gasteiger partial charge in [0.05, 0.1) is 5.69 Å². The average molecular weight is 229 g/mol. The van der Waals surface area contributed by atoms with Gasteiger partial charge in [0.2, 0.25) is 0 Å². The summed E-state index contributed by atoms with van der Waals surface area (Å²) >= 11 is 0. The molecule has 0 aliphatic carbocycles. The third kappa shape index (κ3) is 3.86. The van der Waals surface area contributed by atoms with Crippen molar-refractivity contribution in [2.75, 3.05) is 19.2 Å². The molecule has 1 rings (SSSR count). The fourth-order valence-corrected chi connectivity index (χ4v) is 1.07. The van der Waals surface area contributed by atoms with E-state index in [9.17, 15) is 0 Å². The maximum atomic E-state index is 8.58. The first-order valence-corrected chi connectivity index (χ1v) is 4.79. The summed E-state index contributed by atoms with van der Waals surface area (Å²) in [5, 5.41) is 20.0. The molecule has 1 N–H and O–H groups in total. The van der Waals surface area contributed by atoms with Crippen molar-refractivity contribution in [1.82, 2.24) is 0 Å². The van der Waals surface area contributed by atoms with Crippen LogP contribution in [0.2, 0.25) is 0 Å². The molecule has 0 heterocycles. The summed E-state index contributed by atoms with van der Waals surface area (Å²) in [4.78, 5) is 0. The standard InChI is InChI=1S/C12H11N3O2/c1-16-9-17-12-5-3-2-4-11(12)15-8-10(6-13)7-14/h2-5,8,15H,9H2,1H3. The molecule has 5 nitrogen and oxygen atoms in total. The lowest BCUT2D eigenvalue weighted by atomic mass is 10.3. The Balaban J connectivity index is 2.81. The van der Waals surface area contributed by atoms with Gasteiger partial charge in [0.25, 0.3) is 0 Å². The quantitative estimate of drug-likeness (QED) is 0.617. The number of hydrogen-bond donors (Lipinski definition) is 1. The van der Waals surface area contributed by atoms with Gasteiger partial charge in [0.1, 0.15) is 23.5 Å². The Kier molecular flexibility index (Phi) is 5.09. The number of allylic oxidation sites excluding steroid dienone is 1. The Hall–Kier alpha value is -2.50. The van der Waals surface area contributed by atoms with Crippen LogP contribution < -0.4 is 10.1 Å². The number of nitriles is 2. The second kappa shape index (κ2) is 6.89. The number of rotatable bonds is 5. The second-order valence-electron chi connectivity index (χ2n) is 2.97. The van der Waals surface area contributed by atoms with E-state index in [0.717, 1.165) is 0 Å². The molecule has 0 bridgehead atoms. The minimum Gasteiger partial charge on any atom is -0.465 e. The summed E-state index contributed by atoms with van der Waals surface area (Å²) in [6, 6.07) is 10.7. The number of hydrogen-bond acceptors (Lipinski definition) is 5. The number of para-hydroxylation sites is 2. The van der Waals surface area contributed by atoms with Gasteiger partial charge in [-0.2, -0.15) is 10.5 Å². The highest BCUT2D eigenvalue weighted by Crippen LogP contribution is 2.23. The Labute approximate surface area is 99.5 Å². The highest BCUT2D eigenvalue weighted by molar-refractivity contribution is 5.59. The van der Waals surface area contributed by atoms with E-state index in [4.69, 9.17) is 20.0 Å². The highest BCUT2D eigenvalue weighted by Gasteiger charge is 2.01. The molecule has 0 radical (unpaired) electrons. The molecule has 5 heteroatoms. The highest BCUT2D eigenvalue weighted by atomic mass is 16.7. The molecule has 1 aromatic carbocycles. The maximum absolute atomic E-state index is 8.58. The van der Waals surface area contributed by atoms with E-state index in [2.05, 4.69) is 5.32 Å². The summed E-state index contributed by atoms with van der Waals surface area (Å²) in [5.41, 5.74) is 0.652. The average Bonchev–Trinajstić information content (AvgIpc) is 2.38. The zero-order chi connectivity index (χ0) is 12.5. The molecule has 86 valence electrons. The monoisotopic (exact) mass is 229 g/mol. The third-order valence-electron chi connectivity index (χ3n) is 1.83. The van der Waals surface area contributed by atoms with Crippen molar-refractivity contribution in [3.05, 3.63) is 36.0 Å². The van der Waals surface area contributed by atoms with Crippen molar-refractivity contribution in [2.45, 2.75) is 0 Å². The van der Waals surface area contributed by atoms with Gasteiger partial charge in [0, 0.05) is 13.3 Å². The first-order chi connectivity index (χ1) is 8.31. The Morgan fingerprint density at radius 3 is 2.71 bits per heavy atom. The summed E-state index contributed by atoms with van der Waals surface area (Å²) in [6.45, 7) is 0.131. The van der Waals surface area contributed by atoms with Crippen molar-refractivity contribution in [3.63, 3.8) is 0 Å². The van der Waals surface area contributed by atoms with Crippen molar-refractivity contribution in [3.8, 4) is 17.9 Å². The van der Waals surface area contributed by atoms with Gasteiger partial charge < -0.3 is 14.8 Å². The van der Waals surface area contributed by atoms with Crippen LogP contribution in [0.25, 0.3) is 0 Å². The number of nitrogens with zero attached hydrogens (tertiary/aromatic N) is 2. The summed E-state index contributed by atoms with van der Waals surface area (Å²) < 4.78 is 10.1. The molecule has 0 saturated heterocycles. The Morgan fingerprint density at radius 1 is 1.35 bits per heavy atom. The fourth-order valence-electron chi connectivity index (χ4n) is 1.07. The molecule has 0 fully saturated rings. The van der Waals surface area contributed by atoms with Crippen molar-refractivity contribution < 1.29 is 9.47 Å². The van der Waals surface area contributed by atoms with Crippen LogP contribution in [0.1, 0.15) is 0 Å². The van der Waals surface area contributed by atoms with E-state index in [-0.39, 0.29) is 12.4 Å². The number of anilines is 1. The van der Waals surface area contributed by atoms with Crippen LogP contribution >= 0.6 is 0 Å². The molecular formula is C12H11N3O2. The van der Waals surface area contributed by atoms with Crippen LogP contribution in [0, 0.1) is 22.7 Å². The SMILES string of the molecule is COCOc1ccccc1NC=C(C#N)C#N. The van der Waals surface area contributed by atoms with Gasteiger partial charge in [-0.1, -0.05) is 12.1 Å². The molecule has 0 unspecified atom stereocenters. The third-order valence-corrected chi connectivity index (χ3v) is 1.83. The molecule has 1 aromatic rings. The topological polar surface area (TPSA) is 78.1 Å². The van der Waals surface area contributed by atoms with Gasteiger partial charge >= 0.3 is 0 Å². The van der Waals surface area contributed by atoms with Gasteiger partial charge in [0.15, 0.2) is 6.79 Å². The molecule has 0 aromatic heterocycles. The summed E-state index contributed by atoms with van der Waals surface area (Å²) in [7, 11) is 1.53. The lowest BCUT2D eigenvalue weighted by Crippen LogP contribution is -2.01. The van der Waals surface area contributed by atoms with E-state index in [1.165, 1.54) is 13.3 Å². The minimum absolute atomic E-state index is 0.00783. The zero-order valence-corrected chi connectivity index (χ0v) is 9.30. The number of methoxy groups -OCH3 is 1. The zero-order valence-electron chi connectivity index (χ0n) is 9.30. The molecule has 0 saturated carbocycles. The maximum Gasteiger partial charge on any atom is 0.188 e. The van der Waals surface area contributed by atoms with Gasteiger partial charge in [-0.15, -0.1) is 0 Å². The van der Waals surface area contributed by atoms with Crippen LogP contribution in [-0.4, -0.2) is 13.9 Å². The van der Waals surface area contributed by atoms with Gasteiger partial charge in [-0.05, 0) is 12.1 Å². The normalized spacial score (nSPS) is 8.65. The predicted molar refractivity (Wildman–Crippen MR) is 61.9 cm³/mol. The fraction of sp³-hybridized carbons (Fsp3) is 0.167. The Morgan fingerprint density at radius 2 is 2.06 bits per heavy atom. The number of nitrogens with one attached hydrogen (secondary N) is 1. The second-order valence-corrected chi connectivity index (χ2v) is 2.97. The van der Waals surface area contributed by atoms with Crippen LogP contribution in [0.4, 0.5) is 5.69 Å². The van der Waals surface area contributed by atoms with Crippen molar-refractivity contribution in [1.29, 1.82) is 10.5 Å². The van der Waals surface area contributed by atoms with E-state index in [0.29, 0.717) is 11.4 Å². The summed E-state index contributed by atoms with van der Waals surface area (Å²) in [5.74, 6) is 0.584. The molecule has 0 aliphatic rings. The molecule has 0 aliphatic heterocycles. The predicted octanol–water partition coefficient (Wildman–Crippen LogP) is 2.01. The van der Waals surface area contributed by atoms with E-state index in [1.54, 1.807) is 24.3 Å². The van der Waals surface area contributed by atoms with Gasteiger partial charge in [-0.25, -0.2) is 0 Å². The lowest BCUT2D eigenvalue weighted by molar-refractivity contribution is 0.0516. The first-order valence-electron chi connectivity index (χ1n) is 4.79. The summed E-state index contributed by atoms with van der Waals surface area (Å²) in [6.07, 6.45) is 1.33. The van der Waals surface area contributed by atoms with Crippen molar-refractivity contribution in [2.24, 2.45) is 0 Å². The van der Waals surface area contributed by atoms with E-state index >= 15 is 0 Å². The molecule has 0 amide bonds. The smallest absolute Gasteiger partial charge is 0.188 e. The molecule has 0 spiro atoms. The van der Waals surface area contributed by atoms with Crippen LogP contribution in [0.3, 0.4) is 0 Å². The lowest BCUT2D eigenvalue weighted by Gasteiger charge is -2.09. The van der Waals surface area contributed by atoms with E-state index in [1.807, 2.05) is 12.1 Å². The molecular weight excluding hydrogens is 218 g/mol. The van der Waals surface area contributed by atoms with Crippen LogP contribution in [-0.2, 0) is 4.74 Å². The Bertz CT molecular complexity index is 467. The molecule has 17 heavy (non-hydrogen) atoms. The number of ether oxygens (including phenoxy) is 2. The number of benzene rings is 1.